The molecular weight excluding hydrogens is 352 g/mol. The second kappa shape index (κ2) is 9.34. The molecule has 0 radical (unpaired) electrons. The van der Waals surface area contributed by atoms with Crippen LogP contribution in [0.25, 0.3) is 0 Å². The van der Waals surface area contributed by atoms with Crippen LogP contribution in [0.15, 0.2) is 30.3 Å². The van der Waals surface area contributed by atoms with Gasteiger partial charge in [-0.2, -0.15) is 0 Å². The topological polar surface area (TPSA) is 59.6 Å². The molecule has 0 saturated heterocycles. The molecule has 0 bridgehead atoms. The van der Waals surface area contributed by atoms with Crippen molar-refractivity contribution in [3.63, 3.8) is 0 Å². The summed E-state index contributed by atoms with van der Waals surface area (Å²) in [4.78, 5) is 12.1. The molecule has 0 saturated carbocycles. The van der Waals surface area contributed by atoms with Crippen molar-refractivity contribution in [2.24, 2.45) is 0 Å². The average molecular weight is 377 g/mol. The lowest BCUT2D eigenvalue weighted by molar-refractivity contribution is -0.119. The monoisotopic (exact) mass is 376 g/mol. The van der Waals surface area contributed by atoms with E-state index in [2.05, 4.69) is 10.6 Å². The van der Waals surface area contributed by atoms with E-state index >= 15 is 0 Å². The minimum absolute atomic E-state index is 0.0819. The van der Waals surface area contributed by atoms with Crippen LogP contribution in [-0.4, -0.2) is 33.2 Å². The van der Waals surface area contributed by atoms with Crippen molar-refractivity contribution in [3.05, 3.63) is 52.0 Å². The van der Waals surface area contributed by atoms with Crippen LogP contribution in [0.5, 0.6) is 11.5 Å². The standard InChI is InChI=1S/C20H25ClN2O3/c1-13-9-14(2)20(16(21)10-13)23-12-19(24)22-8-7-15-5-6-17(25-3)18(11-15)26-4/h5-6,9-11,23H,7-8,12H2,1-4H3,(H,22,24). The highest BCUT2D eigenvalue weighted by atomic mass is 35.5. The SMILES string of the molecule is COc1ccc(CCNC(=O)CNc2c(C)cc(C)cc2Cl)cc1OC. The first-order valence-corrected chi connectivity index (χ1v) is 8.80. The predicted octanol–water partition coefficient (Wildman–Crippen LogP) is 3.74. The number of ether oxygens (including phenoxy) is 2. The minimum atomic E-state index is -0.0819. The number of anilines is 1. The Morgan fingerprint density at radius 2 is 1.81 bits per heavy atom. The summed E-state index contributed by atoms with van der Waals surface area (Å²) in [6.07, 6.45) is 0.705. The van der Waals surface area contributed by atoms with Crippen LogP contribution in [0.3, 0.4) is 0 Å². The second-order valence-electron chi connectivity index (χ2n) is 6.08. The third kappa shape index (κ3) is 5.30. The molecule has 2 N–H and O–H groups in total. The molecule has 0 atom stereocenters. The van der Waals surface area contributed by atoms with E-state index in [1.807, 2.05) is 44.2 Å². The van der Waals surface area contributed by atoms with Gasteiger partial charge in [-0.15, -0.1) is 0 Å². The number of hydrogen-bond donors (Lipinski definition) is 2. The molecule has 2 rings (SSSR count). The molecule has 0 unspecified atom stereocenters. The molecule has 0 aliphatic rings. The van der Waals surface area contributed by atoms with Crippen molar-refractivity contribution < 1.29 is 14.3 Å². The van der Waals surface area contributed by atoms with E-state index in [0.29, 0.717) is 29.5 Å². The summed E-state index contributed by atoms with van der Waals surface area (Å²) in [6, 6.07) is 9.65. The Balaban J connectivity index is 1.83. The zero-order valence-corrected chi connectivity index (χ0v) is 16.4. The number of carbonyl (C=O) groups excluding carboxylic acids is 1. The zero-order valence-electron chi connectivity index (χ0n) is 15.6. The fraction of sp³-hybridized carbons (Fsp3) is 0.350. The minimum Gasteiger partial charge on any atom is -0.493 e. The van der Waals surface area contributed by atoms with E-state index in [9.17, 15) is 4.79 Å². The van der Waals surface area contributed by atoms with Gasteiger partial charge in [-0.1, -0.05) is 23.7 Å². The normalized spacial score (nSPS) is 10.3. The van der Waals surface area contributed by atoms with Crippen molar-refractivity contribution in [2.45, 2.75) is 20.3 Å². The molecule has 0 aromatic heterocycles. The summed E-state index contributed by atoms with van der Waals surface area (Å²) >= 11 is 6.24. The van der Waals surface area contributed by atoms with Crippen LogP contribution >= 0.6 is 11.6 Å². The highest BCUT2D eigenvalue weighted by Gasteiger charge is 2.08. The highest BCUT2D eigenvalue weighted by molar-refractivity contribution is 6.33. The lowest BCUT2D eigenvalue weighted by Gasteiger charge is -2.13. The maximum absolute atomic E-state index is 12.1. The average Bonchev–Trinajstić information content (AvgIpc) is 2.60. The van der Waals surface area contributed by atoms with E-state index in [-0.39, 0.29) is 12.5 Å². The molecule has 5 nitrogen and oxygen atoms in total. The first-order valence-electron chi connectivity index (χ1n) is 8.42. The maximum atomic E-state index is 12.1. The van der Waals surface area contributed by atoms with Gasteiger partial charge in [0.1, 0.15) is 0 Å². The van der Waals surface area contributed by atoms with Crippen LogP contribution in [0.2, 0.25) is 5.02 Å². The number of nitrogens with one attached hydrogen (secondary N) is 2. The molecule has 140 valence electrons. The first kappa shape index (κ1) is 19.9. The van der Waals surface area contributed by atoms with Gasteiger partial charge in [0.25, 0.3) is 0 Å². The Bertz CT molecular complexity index is 755. The highest BCUT2D eigenvalue weighted by Crippen LogP contribution is 2.28. The van der Waals surface area contributed by atoms with Crippen molar-refractivity contribution in [1.29, 1.82) is 0 Å². The van der Waals surface area contributed by atoms with Gasteiger partial charge < -0.3 is 20.1 Å². The van der Waals surface area contributed by atoms with Crippen LogP contribution < -0.4 is 20.1 Å². The fourth-order valence-corrected chi connectivity index (χ4v) is 3.14. The smallest absolute Gasteiger partial charge is 0.239 e. The number of rotatable bonds is 8. The molecule has 26 heavy (non-hydrogen) atoms. The number of methoxy groups -OCH3 is 2. The van der Waals surface area contributed by atoms with Crippen LogP contribution in [0.4, 0.5) is 5.69 Å². The number of carbonyl (C=O) groups is 1. The lowest BCUT2D eigenvalue weighted by atomic mass is 10.1. The molecule has 0 aliphatic heterocycles. The largest absolute Gasteiger partial charge is 0.493 e. The number of aryl methyl sites for hydroxylation is 2. The molecule has 6 heteroatoms. The Morgan fingerprint density at radius 3 is 2.46 bits per heavy atom. The molecule has 0 heterocycles. The summed E-state index contributed by atoms with van der Waals surface area (Å²) in [5.41, 5.74) is 3.98. The quantitative estimate of drug-likeness (QED) is 0.736. The van der Waals surface area contributed by atoms with E-state index in [0.717, 1.165) is 22.4 Å². The predicted molar refractivity (Wildman–Crippen MR) is 106 cm³/mol. The lowest BCUT2D eigenvalue weighted by Crippen LogP contribution is -2.31. The number of amides is 1. The van der Waals surface area contributed by atoms with Gasteiger partial charge in [0.15, 0.2) is 11.5 Å². The summed E-state index contributed by atoms with van der Waals surface area (Å²) in [7, 11) is 3.21. The summed E-state index contributed by atoms with van der Waals surface area (Å²) in [5.74, 6) is 1.29. The molecule has 2 aromatic rings. The fourth-order valence-electron chi connectivity index (χ4n) is 2.75. The number of hydrogen-bond acceptors (Lipinski definition) is 4. The van der Waals surface area contributed by atoms with E-state index in [1.54, 1.807) is 14.2 Å². The van der Waals surface area contributed by atoms with Gasteiger partial charge in [-0.05, 0) is 55.2 Å². The third-order valence-corrected chi connectivity index (χ3v) is 4.34. The van der Waals surface area contributed by atoms with Gasteiger partial charge >= 0.3 is 0 Å². The summed E-state index contributed by atoms with van der Waals surface area (Å²) < 4.78 is 10.5. The molecule has 0 fully saturated rings. The van der Waals surface area contributed by atoms with Crippen molar-refractivity contribution in [1.82, 2.24) is 5.32 Å². The van der Waals surface area contributed by atoms with Crippen LogP contribution in [0.1, 0.15) is 16.7 Å². The Morgan fingerprint density at radius 1 is 1.08 bits per heavy atom. The van der Waals surface area contributed by atoms with Crippen LogP contribution in [-0.2, 0) is 11.2 Å². The van der Waals surface area contributed by atoms with Crippen molar-refractivity contribution in [3.8, 4) is 11.5 Å². The van der Waals surface area contributed by atoms with Gasteiger partial charge in [0.05, 0.1) is 31.5 Å². The van der Waals surface area contributed by atoms with Crippen LogP contribution in [0, 0.1) is 13.8 Å². The maximum Gasteiger partial charge on any atom is 0.239 e. The molecule has 2 aromatic carbocycles. The summed E-state index contributed by atoms with van der Waals surface area (Å²) in [5, 5.41) is 6.64. The van der Waals surface area contributed by atoms with Gasteiger partial charge in [0, 0.05) is 6.54 Å². The molecule has 0 aliphatic carbocycles. The first-order chi connectivity index (χ1) is 12.4. The van der Waals surface area contributed by atoms with Gasteiger partial charge in [0.2, 0.25) is 5.91 Å². The zero-order chi connectivity index (χ0) is 19.1. The number of halogens is 1. The van der Waals surface area contributed by atoms with E-state index in [4.69, 9.17) is 21.1 Å². The van der Waals surface area contributed by atoms with Crippen molar-refractivity contribution >= 4 is 23.2 Å². The Kier molecular flexibility index (Phi) is 7.16. The third-order valence-electron chi connectivity index (χ3n) is 4.04. The molecule has 0 spiro atoms. The van der Waals surface area contributed by atoms with Gasteiger partial charge in [-0.3, -0.25) is 4.79 Å². The number of benzene rings is 2. The summed E-state index contributed by atoms with van der Waals surface area (Å²) in [6.45, 7) is 4.67. The Labute approximate surface area is 159 Å². The molecule has 1 amide bonds. The molecular formula is C20H25ClN2O3. The van der Waals surface area contributed by atoms with Gasteiger partial charge in [-0.25, -0.2) is 0 Å². The van der Waals surface area contributed by atoms with E-state index in [1.165, 1.54) is 0 Å². The second-order valence-corrected chi connectivity index (χ2v) is 6.49. The van der Waals surface area contributed by atoms with Crippen molar-refractivity contribution in [2.75, 3.05) is 32.6 Å². The van der Waals surface area contributed by atoms with E-state index < -0.39 is 0 Å². The Hall–Kier alpha value is -2.40.